The molecule has 1 unspecified atom stereocenters. The van der Waals surface area contributed by atoms with Gasteiger partial charge in [0.05, 0.1) is 18.2 Å². The standard InChI is InChI=1S/C16H16N2O4/c1-8-4-6-10-12(13(8)22-3)16(21)18(15(10)20)11-7-5-9(2)17-14(11)19/h4,6,11H,2,5,7H2,1,3H3,(H,17,19). The van der Waals surface area contributed by atoms with Crippen molar-refractivity contribution in [1.29, 1.82) is 0 Å². The van der Waals surface area contributed by atoms with Crippen molar-refractivity contribution in [2.45, 2.75) is 25.8 Å². The summed E-state index contributed by atoms with van der Waals surface area (Å²) >= 11 is 0. The van der Waals surface area contributed by atoms with Crippen LogP contribution in [-0.2, 0) is 4.79 Å². The van der Waals surface area contributed by atoms with Crippen LogP contribution in [0.3, 0.4) is 0 Å². The summed E-state index contributed by atoms with van der Waals surface area (Å²) in [5.74, 6) is -0.917. The number of amides is 3. The zero-order chi connectivity index (χ0) is 16.0. The predicted octanol–water partition coefficient (Wildman–Crippen LogP) is 1.39. The summed E-state index contributed by atoms with van der Waals surface area (Å²) in [6.45, 7) is 5.50. The molecule has 0 aromatic heterocycles. The summed E-state index contributed by atoms with van der Waals surface area (Å²) in [6, 6.07) is 2.53. The van der Waals surface area contributed by atoms with Crippen LogP contribution in [0.2, 0.25) is 0 Å². The molecule has 0 aliphatic carbocycles. The van der Waals surface area contributed by atoms with Crippen molar-refractivity contribution >= 4 is 17.7 Å². The van der Waals surface area contributed by atoms with Gasteiger partial charge in [0.1, 0.15) is 11.8 Å². The van der Waals surface area contributed by atoms with Gasteiger partial charge in [0.2, 0.25) is 5.91 Å². The number of ether oxygens (including phenoxy) is 1. The number of nitrogens with zero attached hydrogens (tertiary/aromatic N) is 1. The Morgan fingerprint density at radius 3 is 2.64 bits per heavy atom. The number of hydrogen-bond donors (Lipinski definition) is 1. The zero-order valence-electron chi connectivity index (χ0n) is 12.4. The fourth-order valence-corrected chi connectivity index (χ4v) is 2.97. The van der Waals surface area contributed by atoms with Gasteiger partial charge in [-0.2, -0.15) is 0 Å². The molecule has 0 radical (unpaired) electrons. The Bertz CT molecular complexity index is 723. The summed E-state index contributed by atoms with van der Waals surface area (Å²) < 4.78 is 5.27. The number of fused-ring (bicyclic) bond motifs is 1. The Morgan fingerprint density at radius 1 is 1.27 bits per heavy atom. The summed E-state index contributed by atoms with van der Waals surface area (Å²) in [6.07, 6.45) is 0.928. The maximum atomic E-state index is 12.7. The first-order chi connectivity index (χ1) is 10.5. The molecule has 1 atom stereocenters. The Hall–Kier alpha value is -2.63. The van der Waals surface area contributed by atoms with Crippen molar-refractivity contribution in [3.63, 3.8) is 0 Å². The second-order valence-corrected chi connectivity index (χ2v) is 5.47. The lowest BCUT2D eigenvalue weighted by Crippen LogP contribution is -2.51. The monoisotopic (exact) mass is 300 g/mol. The summed E-state index contributed by atoms with van der Waals surface area (Å²) in [5, 5.41) is 2.60. The van der Waals surface area contributed by atoms with E-state index in [2.05, 4.69) is 11.9 Å². The Balaban J connectivity index is 2.04. The molecule has 114 valence electrons. The summed E-state index contributed by atoms with van der Waals surface area (Å²) in [7, 11) is 1.46. The average Bonchev–Trinajstić information content (AvgIpc) is 2.72. The molecule has 0 bridgehead atoms. The van der Waals surface area contributed by atoms with E-state index in [0.717, 1.165) is 10.5 Å². The van der Waals surface area contributed by atoms with E-state index in [9.17, 15) is 14.4 Å². The van der Waals surface area contributed by atoms with E-state index in [1.807, 2.05) is 0 Å². The highest BCUT2D eigenvalue weighted by Gasteiger charge is 2.45. The van der Waals surface area contributed by atoms with Gasteiger partial charge in [-0.05, 0) is 31.4 Å². The molecule has 0 spiro atoms. The highest BCUT2D eigenvalue weighted by atomic mass is 16.5. The van der Waals surface area contributed by atoms with E-state index in [4.69, 9.17) is 4.74 Å². The third kappa shape index (κ3) is 1.91. The number of benzene rings is 1. The molecule has 22 heavy (non-hydrogen) atoms. The van der Waals surface area contributed by atoms with Crippen LogP contribution in [0.1, 0.15) is 39.1 Å². The van der Waals surface area contributed by atoms with Gasteiger partial charge in [-0.1, -0.05) is 12.6 Å². The molecule has 2 heterocycles. The molecule has 6 nitrogen and oxygen atoms in total. The molecular weight excluding hydrogens is 284 g/mol. The number of carbonyl (C=O) groups is 3. The first-order valence-corrected chi connectivity index (χ1v) is 6.99. The molecule has 2 aliphatic rings. The summed E-state index contributed by atoms with van der Waals surface area (Å²) in [5.41, 5.74) is 1.89. The number of piperidine rings is 1. The van der Waals surface area contributed by atoms with Gasteiger partial charge in [0, 0.05) is 5.70 Å². The lowest BCUT2D eigenvalue weighted by Gasteiger charge is -2.29. The summed E-state index contributed by atoms with van der Waals surface area (Å²) in [4.78, 5) is 38.4. The third-order valence-corrected chi connectivity index (χ3v) is 4.07. The van der Waals surface area contributed by atoms with Crippen LogP contribution in [0.25, 0.3) is 0 Å². The van der Waals surface area contributed by atoms with E-state index >= 15 is 0 Å². The van der Waals surface area contributed by atoms with Crippen molar-refractivity contribution in [3.05, 3.63) is 41.1 Å². The minimum Gasteiger partial charge on any atom is -0.496 e. The van der Waals surface area contributed by atoms with E-state index in [1.165, 1.54) is 7.11 Å². The Labute approximate surface area is 127 Å². The molecular formula is C16H16N2O4. The largest absolute Gasteiger partial charge is 0.496 e. The van der Waals surface area contributed by atoms with Crippen LogP contribution >= 0.6 is 0 Å². The molecule has 0 saturated carbocycles. The number of allylic oxidation sites excluding steroid dienone is 1. The smallest absolute Gasteiger partial charge is 0.266 e. The zero-order valence-corrected chi connectivity index (χ0v) is 12.4. The number of carbonyl (C=O) groups excluding carboxylic acids is 3. The third-order valence-electron chi connectivity index (χ3n) is 4.07. The van der Waals surface area contributed by atoms with Crippen molar-refractivity contribution < 1.29 is 19.1 Å². The van der Waals surface area contributed by atoms with E-state index in [-0.39, 0.29) is 17.0 Å². The Kier molecular flexibility index (Phi) is 3.24. The predicted molar refractivity (Wildman–Crippen MR) is 78.5 cm³/mol. The van der Waals surface area contributed by atoms with Crippen LogP contribution in [0, 0.1) is 6.92 Å². The molecule has 1 aromatic carbocycles. The minimum absolute atomic E-state index is 0.240. The number of methoxy groups -OCH3 is 1. The maximum Gasteiger partial charge on any atom is 0.266 e. The van der Waals surface area contributed by atoms with Gasteiger partial charge in [0.15, 0.2) is 0 Å². The average molecular weight is 300 g/mol. The van der Waals surface area contributed by atoms with Crippen molar-refractivity contribution in [3.8, 4) is 5.75 Å². The molecule has 6 heteroatoms. The van der Waals surface area contributed by atoms with Gasteiger partial charge in [0.25, 0.3) is 11.8 Å². The molecule has 1 aromatic rings. The molecule has 1 saturated heterocycles. The van der Waals surface area contributed by atoms with E-state index < -0.39 is 17.9 Å². The van der Waals surface area contributed by atoms with Gasteiger partial charge in [-0.15, -0.1) is 0 Å². The SMILES string of the molecule is C=C1CCC(N2C(=O)c3ccc(C)c(OC)c3C2=O)C(=O)N1. The van der Waals surface area contributed by atoms with Gasteiger partial charge >= 0.3 is 0 Å². The van der Waals surface area contributed by atoms with Crippen molar-refractivity contribution in [1.82, 2.24) is 10.2 Å². The molecule has 1 N–H and O–H groups in total. The van der Waals surface area contributed by atoms with Crippen LogP contribution in [0.4, 0.5) is 0 Å². The molecule has 2 aliphatic heterocycles. The number of nitrogens with one attached hydrogen (secondary N) is 1. The normalized spacial score (nSPS) is 21.0. The first-order valence-electron chi connectivity index (χ1n) is 6.99. The highest BCUT2D eigenvalue weighted by Crippen LogP contribution is 2.35. The van der Waals surface area contributed by atoms with Gasteiger partial charge in [-0.25, -0.2) is 0 Å². The van der Waals surface area contributed by atoms with Crippen LogP contribution in [0.15, 0.2) is 24.4 Å². The van der Waals surface area contributed by atoms with Gasteiger partial charge < -0.3 is 10.1 Å². The fourth-order valence-electron chi connectivity index (χ4n) is 2.97. The van der Waals surface area contributed by atoms with Crippen molar-refractivity contribution in [2.75, 3.05) is 7.11 Å². The quantitative estimate of drug-likeness (QED) is 0.838. The lowest BCUT2D eigenvalue weighted by molar-refractivity contribution is -0.125. The van der Waals surface area contributed by atoms with Crippen LogP contribution < -0.4 is 10.1 Å². The minimum atomic E-state index is -0.803. The van der Waals surface area contributed by atoms with E-state index in [1.54, 1.807) is 19.1 Å². The number of imide groups is 1. The van der Waals surface area contributed by atoms with Gasteiger partial charge in [-0.3, -0.25) is 19.3 Å². The maximum absolute atomic E-state index is 12.7. The number of hydrogen-bond acceptors (Lipinski definition) is 4. The second-order valence-electron chi connectivity index (χ2n) is 5.47. The van der Waals surface area contributed by atoms with E-state index in [0.29, 0.717) is 24.3 Å². The number of aryl methyl sites for hydroxylation is 1. The van der Waals surface area contributed by atoms with Crippen LogP contribution in [0.5, 0.6) is 5.75 Å². The molecule has 3 amide bonds. The highest BCUT2D eigenvalue weighted by molar-refractivity contribution is 6.24. The molecule has 1 fully saturated rings. The number of rotatable bonds is 2. The van der Waals surface area contributed by atoms with Crippen LogP contribution in [-0.4, -0.2) is 35.8 Å². The fraction of sp³-hybridized carbons (Fsp3) is 0.312. The Morgan fingerprint density at radius 2 is 2.00 bits per heavy atom. The lowest BCUT2D eigenvalue weighted by atomic mass is 10.0. The topological polar surface area (TPSA) is 75.7 Å². The van der Waals surface area contributed by atoms with Crippen molar-refractivity contribution in [2.24, 2.45) is 0 Å². The first kappa shape index (κ1) is 14.3. The molecule has 3 rings (SSSR count). The second kappa shape index (κ2) is 4.98.